The zero-order valence-electron chi connectivity index (χ0n) is 20.5. The predicted molar refractivity (Wildman–Crippen MR) is 144 cm³/mol. The number of benzene rings is 2. The van der Waals surface area contributed by atoms with Crippen molar-refractivity contribution in [3.63, 3.8) is 0 Å². The van der Waals surface area contributed by atoms with Crippen molar-refractivity contribution < 1.29 is 14.3 Å². The third-order valence-electron chi connectivity index (χ3n) is 6.69. The Morgan fingerprint density at radius 3 is 2.46 bits per heavy atom. The molecule has 1 aromatic heterocycles. The summed E-state index contributed by atoms with van der Waals surface area (Å²) in [7, 11) is 4.22. The first-order valence-electron chi connectivity index (χ1n) is 11.7. The van der Waals surface area contributed by atoms with Crippen molar-refractivity contribution in [1.82, 2.24) is 9.88 Å². The number of halogens is 3. The van der Waals surface area contributed by atoms with E-state index < -0.39 is 11.6 Å². The van der Waals surface area contributed by atoms with Gasteiger partial charge in [0.15, 0.2) is 17.3 Å². The van der Waals surface area contributed by atoms with E-state index in [1.165, 1.54) is 12.1 Å². The number of carbonyl (C=O) groups excluding carboxylic acids is 1. The molecular weight excluding hydrogens is 488 g/mol. The molecule has 2 N–H and O–H groups in total. The van der Waals surface area contributed by atoms with Gasteiger partial charge in [0.2, 0.25) is 0 Å². The Bertz CT molecular complexity index is 1220. The summed E-state index contributed by atoms with van der Waals surface area (Å²) in [5, 5.41) is 14.2. The Morgan fingerprint density at radius 1 is 1.17 bits per heavy atom. The molecule has 0 saturated heterocycles. The Labute approximate surface area is 217 Å². The number of aromatic nitrogens is 1. The number of nitrogens with zero attached hydrogens (tertiary/aromatic N) is 2. The van der Waals surface area contributed by atoms with Crippen LogP contribution in [0.1, 0.15) is 48.7 Å². The quantitative estimate of drug-likeness (QED) is 0.348. The highest BCUT2D eigenvalue weighted by atomic mass is 35.5. The van der Waals surface area contributed by atoms with Gasteiger partial charge < -0.3 is 15.3 Å². The maximum absolute atomic E-state index is 14.2. The van der Waals surface area contributed by atoms with E-state index in [9.17, 15) is 14.3 Å². The molecule has 0 atom stereocenters. The second kappa shape index (κ2) is 11.1. The van der Waals surface area contributed by atoms with Crippen molar-refractivity contribution in [2.45, 2.75) is 45.6 Å². The van der Waals surface area contributed by atoms with Gasteiger partial charge in [-0.3, -0.25) is 9.78 Å². The Kier molecular flexibility index (Phi) is 8.63. The lowest BCUT2D eigenvalue weighted by Crippen LogP contribution is -2.31. The number of Topliss-reactive ketones (excluding diaryl/α,β-unsaturated/α-hetero) is 1. The Hall–Kier alpha value is -2.41. The minimum atomic E-state index is -0.776. The number of nitrogens with one attached hydrogen (secondary N) is 1. The molecule has 0 amide bonds. The maximum atomic E-state index is 14.2. The maximum Gasteiger partial charge on any atom is 0.170 e. The van der Waals surface area contributed by atoms with E-state index in [1.54, 1.807) is 6.92 Å². The van der Waals surface area contributed by atoms with Crippen LogP contribution >= 0.6 is 24.0 Å². The second-order valence-corrected chi connectivity index (χ2v) is 10.1. The number of phenolic OH excluding ortho intramolecular Hbond substituents is 1. The average Bonchev–Trinajstić information content (AvgIpc) is 2.77. The van der Waals surface area contributed by atoms with Crippen LogP contribution in [0, 0.1) is 18.7 Å². The molecule has 35 heavy (non-hydrogen) atoms. The van der Waals surface area contributed by atoms with Crippen LogP contribution in [-0.4, -0.2) is 47.5 Å². The number of fused-ring (bicyclic) bond motifs is 1. The summed E-state index contributed by atoms with van der Waals surface area (Å²) >= 11 is 6.02. The van der Waals surface area contributed by atoms with Gasteiger partial charge in [0.1, 0.15) is 0 Å². The number of hydrogen-bond donors (Lipinski definition) is 2. The first-order valence-corrected chi connectivity index (χ1v) is 12.1. The fourth-order valence-electron chi connectivity index (χ4n) is 5.09. The standard InChI is InChI=1S/C27H31ClFN3O2.ClH/c1-15-25(16(2)33)26(31-20-8-5-17(6-9-20)14-32(3)4)21-11-18(7-10-24(21)30-15)19-12-22(28)27(34)23(29)13-19;/h7,10-13,17,20,34H,5-6,8-9,14H2,1-4H3,(H,30,31);1H. The highest BCUT2D eigenvalue weighted by Crippen LogP contribution is 2.37. The predicted octanol–water partition coefficient (Wildman–Crippen LogP) is 6.87. The molecule has 0 spiro atoms. The zero-order chi connectivity index (χ0) is 24.6. The van der Waals surface area contributed by atoms with Gasteiger partial charge in [0.25, 0.3) is 0 Å². The van der Waals surface area contributed by atoms with Crippen LogP contribution in [0.4, 0.5) is 10.1 Å². The summed E-state index contributed by atoms with van der Waals surface area (Å²) in [5.41, 5.74) is 4.11. The number of carbonyl (C=O) groups is 1. The van der Waals surface area contributed by atoms with Gasteiger partial charge in [-0.25, -0.2) is 4.39 Å². The lowest BCUT2D eigenvalue weighted by molar-refractivity contribution is 0.101. The summed E-state index contributed by atoms with van der Waals surface area (Å²) in [4.78, 5) is 19.6. The molecule has 1 saturated carbocycles. The van der Waals surface area contributed by atoms with E-state index in [0.29, 0.717) is 22.7 Å². The molecule has 188 valence electrons. The molecule has 4 rings (SSSR count). The number of hydrogen-bond acceptors (Lipinski definition) is 5. The van der Waals surface area contributed by atoms with Crippen LogP contribution in [0.25, 0.3) is 22.0 Å². The second-order valence-electron chi connectivity index (χ2n) is 9.65. The fourth-order valence-corrected chi connectivity index (χ4v) is 5.30. The first-order chi connectivity index (χ1) is 16.1. The van der Waals surface area contributed by atoms with E-state index in [0.717, 1.165) is 54.4 Å². The van der Waals surface area contributed by atoms with Crippen molar-refractivity contribution in [3.8, 4) is 16.9 Å². The molecule has 2 aromatic carbocycles. The van der Waals surface area contributed by atoms with Crippen LogP contribution < -0.4 is 5.32 Å². The van der Waals surface area contributed by atoms with Crippen LogP contribution in [-0.2, 0) is 0 Å². The molecule has 8 heteroatoms. The molecule has 0 unspecified atom stereocenters. The number of aromatic hydroxyl groups is 1. The number of pyridine rings is 1. The van der Waals surface area contributed by atoms with Crippen LogP contribution in [0.3, 0.4) is 0 Å². The zero-order valence-corrected chi connectivity index (χ0v) is 22.1. The van der Waals surface area contributed by atoms with Gasteiger partial charge in [-0.05, 0) is 94.9 Å². The third kappa shape index (κ3) is 5.88. The van der Waals surface area contributed by atoms with Gasteiger partial charge in [0, 0.05) is 18.0 Å². The number of ketones is 1. The number of aryl methyl sites for hydroxylation is 1. The van der Waals surface area contributed by atoms with Crippen LogP contribution in [0.15, 0.2) is 30.3 Å². The smallest absolute Gasteiger partial charge is 0.170 e. The van der Waals surface area contributed by atoms with E-state index in [-0.39, 0.29) is 29.3 Å². The van der Waals surface area contributed by atoms with Crippen molar-refractivity contribution in [1.29, 1.82) is 0 Å². The molecular formula is C27H32Cl2FN3O2. The monoisotopic (exact) mass is 519 g/mol. The lowest BCUT2D eigenvalue weighted by atomic mass is 9.85. The molecule has 1 aliphatic carbocycles. The molecule has 3 aromatic rings. The SMILES string of the molecule is CC(=O)c1c(C)nc2ccc(-c3cc(F)c(O)c(Cl)c3)cc2c1NC1CCC(CN(C)C)CC1.Cl. The molecule has 1 aliphatic rings. The van der Waals surface area contributed by atoms with E-state index in [4.69, 9.17) is 11.6 Å². The summed E-state index contributed by atoms with van der Waals surface area (Å²) in [6.45, 7) is 4.52. The Morgan fingerprint density at radius 2 is 1.86 bits per heavy atom. The van der Waals surface area contributed by atoms with Gasteiger partial charge in [0.05, 0.1) is 27.5 Å². The average molecular weight is 520 g/mol. The highest BCUT2D eigenvalue weighted by Gasteiger charge is 2.25. The van der Waals surface area contributed by atoms with Crippen molar-refractivity contribution in [2.75, 3.05) is 26.0 Å². The Balaban J connectivity index is 0.00000342. The lowest BCUT2D eigenvalue weighted by Gasteiger charge is -2.32. The molecule has 0 bridgehead atoms. The van der Waals surface area contributed by atoms with Crippen molar-refractivity contribution in [2.24, 2.45) is 5.92 Å². The first kappa shape index (κ1) is 27.2. The topological polar surface area (TPSA) is 65.5 Å². The molecule has 5 nitrogen and oxygen atoms in total. The van der Waals surface area contributed by atoms with E-state index in [2.05, 4.69) is 29.3 Å². The fraction of sp³-hybridized carbons (Fsp3) is 0.407. The van der Waals surface area contributed by atoms with Gasteiger partial charge >= 0.3 is 0 Å². The largest absolute Gasteiger partial charge is 0.504 e. The number of phenols is 1. The molecule has 0 aliphatic heterocycles. The molecule has 1 heterocycles. The molecule has 1 fully saturated rings. The minimum Gasteiger partial charge on any atom is -0.504 e. The summed E-state index contributed by atoms with van der Waals surface area (Å²) in [6.07, 6.45) is 4.36. The van der Waals surface area contributed by atoms with E-state index >= 15 is 0 Å². The highest BCUT2D eigenvalue weighted by molar-refractivity contribution is 6.32. The summed E-state index contributed by atoms with van der Waals surface area (Å²) in [5.74, 6) is -0.687. The van der Waals surface area contributed by atoms with Gasteiger partial charge in [-0.15, -0.1) is 12.4 Å². The van der Waals surface area contributed by atoms with Crippen LogP contribution in [0.5, 0.6) is 5.75 Å². The van der Waals surface area contributed by atoms with Gasteiger partial charge in [-0.2, -0.15) is 0 Å². The summed E-state index contributed by atoms with van der Waals surface area (Å²) < 4.78 is 14.2. The summed E-state index contributed by atoms with van der Waals surface area (Å²) in [6, 6.07) is 8.70. The number of rotatable bonds is 6. The van der Waals surface area contributed by atoms with Crippen molar-refractivity contribution >= 4 is 46.4 Å². The third-order valence-corrected chi connectivity index (χ3v) is 6.97. The normalized spacial score (nSPS) is 17.9. The van der Waals surface area contributed by atoms with E-state index in [1.807, 2.05) is 25.1 Å². The van der Waals surface area contributed by atoms with Crippen molar-refractivity contribution in [3.05, 3.63) is 52.4 Å². The van der Waals surface area contributed by atoms with Crippen LogP contribution in [0.2, 0.25) is 5.02 Å². The number of anilines is 1. The molecule has 0 radical (unpaired) electrons. The minimum absolute atomic E-state index is 0. The van der Waals surface area contributed by atoms with Gasteiger partial charge in [-0.1, -0.05) is 17.7 Å².